The lowest BCUT2D eigenvalue weighted by Crippen LogP contribution is -2.26. The fraction of sp³-hybridized carbons (Fsp3) is 0.357. The topological polar surface area (TPSA) is 75.0 Å². The van der Waals surface area contributed by atoms with Gasteiger partial charge < -0.3 is 10.1 Å². The van der Waals surface area contributed by atoms with Gasteiger partial charge in [0.1, 0.15) is 11.6 Å². The summed E-state index contributed by atoms with van der Waals surface area (Å²) < 4.78 is 5.16. The van der Waals surface area contributed by atoms with Crippen LogP contribution in [0.15, 0.2) is 30.1 Å². The standard InChI is InChI=1S/C14H17N3O2/c1-2-19-8-4-7-17-14(18)13(10-15)9-12-5-3-6-16-11-12/h3,5-6,9,11H,2,4,7-8H2,1H3,(H,17,18)/b13-9-. The normalized spacial score (nSPS) is 10.8. The molecule has 0 aliphatic carbocycles. The molecule has 1 amide bonds. The number of rotatable bonds is 7. The van der Waals surface area contributed by atoms with Crippen molar-refractivity contribution in [2.45, 2.75) is 13.3 Å². The van der Waals surface area contributed by atoms with Crippen molar-refractivity contribution in [1.82, 2.24) is 10.3 Å². The molecule has 1 N–H and O–H groups in total. The fourth-order valence-corrected chi connectivity index (χ4v) is 1.39. The van der Waals surface area contributed by atoms with Crippen LogP contribution in [0.2, 0.25) is 0 Å². The minimum Gasteiger partial charge on any atom is -0.382 e. The predicted molar refractivity (Wildman–Crippen MR) is 71.9 cm³/mol. The fourth-order valence-electron chi connectivity index (χ4n) is 1.39. The molecule has 100 valence electrons. The van der Waals surface area contributed by atoms with E-state index in [2.05, 4.69) is 10.3 Å². The summed E-state index contributed by atoms with van der Waals surface area (Å²) in [6.07, 6.45) is 5.48. The Balaban J connectivity index is 2.49. The molecule has 0 aliphatic rings. The number of nitrogens with one attached hydrogen (secondary N) is 1. The Bertz CT molecular complexity index is 463. The minimum absolute atomic E-state index is 0.0735. The third kappa shape index (κ3) is 5.80. The number of pyridine rings is 1. The van der Waals surface area contributed by atoms with Crippen LogP contribution in [0.1, 0.15) is 18.9 Å². The highest BCUT2D eigenvalue weighted by atomic mass is 16.5. The molecule has 0 bridgehead atoms. The molecule has 1 rings (SSSR count). The van der Waals surface area contributed by atoms with Crippen molar-refractivity contribution >= 4 is 12.0 Å². The Labute approximate surface area is 112 Å². The van der Waals surface area contributed by atoms with Crippen LogP contribution < -0.4 is 5.32 Å². The van der Waals surface area contributed by atoms with Crippen LogP contribution in [0.5, 0.6) is 0 Å². The molecule has 1 heterocycles. The van der Waals surface area contributed by atoms with Crippen LogP contribution in [0.3, 0.4) is 0 Å². The molecule has 0 radical (unpaired) electrons. The number of carbonyl (C=O) groups excluding carboxylic acids is 1. The number of ether oxygens (including phenoxy) is 1. The van der Waals surface area contributed by atoms with Gasteiger partial charge in [0.25, 0.3) is 5.91 Å². The van der Waals surface area contributed by atoms with Crippen LogP contribution in [0, 0.1) is 11.3 Å². The SMILES string of the molecule is CCOCCCNC(=O)/C(C#N)=C\c1cccnc1. The van der Waals surface area contributed by atoms with Crippen LogP contribution in [0.25, 0.3) is 6.08 Å². The van der Waals surface area contributed by atoms with Crippen LogP contribution >= 0.6 is 0 Å². The van der Waals surface area contributed by atoms with Gasteiger partial charge in [-0.2, -0.15) is 5.26 Å². The number of amides is 1. The molecule has 0 aliphatic heterocycles. The second-order valence-corrected chi connectivity index (χ2v) is 3.76. The number of aromatic nitrogens is 1. The van der Waals surface area contributed by atoms with E-state index in [1.54, 1.807) is 24.5 Å². The molecular formula is C14H17N3O2. The van der Waals surface area contributed by atoms with Gasteiger partial charge >= 0.3 is 0 Å². The van der Waals surface area contributed by atoms with Gasteiger partial charge in [-0.15, -0.1) is 0 Å². The Hall–Kier alpha value is -2.19. The largest absolute Gasteiger partial charge is 0.382 e. The summed E-state index contributed by atoms with van der Waals surface area (Å²) in [5.41, 5.74) is 0.799. The highest BCUT2D eigenvalue weighted by molar-refractivity contribution is 6.01. The Kier molecular flexibility index (Phi) is 6.92. The van der Waals surface area contributed by atoms with E-state index in [0.717, 1.165) is 12.0 Å². The highest BCUT2D eigenvalue weighted by Gasteiger charge is 2.07. The lowest BCUT2D eigenvalue weighted by atomic mass is 10.1. The van der Waals surface area contributed by atoms with Gasteiger partial charge in [-0.1, -0.05) is 6.07 Å². The van der Waals surface area contributed by atoms with Crippen molar-refractivity contribution < 1.29 is 9.53 Å². The second-order valence-electron chi connectivity index (χ2n) is 3.76. The van der Waals surface area contributed by atoms with Gasteiger partial charge in [0.2, 0.25) is 0 Å². The van der Waals surface area contributed by atoms with Crippen LogP contribution in [-0.2, 0) is 9.53 Å². The van der Waals surface area contributed by atoms with E-state index in [9.17, 15) is 4.79 Å². The Morgan fingerprint density at radius 3 is 3.11 bits per heavy atom. The predicted octanol–water partition coefficient (Wildman–Crippen LogP) is 1.53. The summed E-state index contributed by atoms with van der Waals surface area (Å²) in [6, 6.07) is 5.43. The molecule has 0 atom stereocenters. The summed E-state index contributed by atoms with van der Waals surface area (Å²) in [7, 11) is 0. The summed E-state index contributed by atoms with van der Waals surface area (Å²) in [5.74, 6) is -0.372. The smallest absolute Gasteiger partial charge is 0.261 e. The van der Waals surface area contributed by atoms with Crippen molar-refractivity contribution in [3.63, 3.8) is 0 Å². The summed E-state index contributed by atoms with van der Waals surface area (Å²) >= 11 is 0. The van der Waals surface area contributed by atoms with Crippen molar-refractivity contribution in [3.8, 4) is 6.07 Å². The van der Waals surface area contributed by atoms with Gasteiger partial charge in [0.15, 0.2) is 0 Å². The second kappa shape index (κ2) is 8.84. The molecule has 0 aromatic carbocycles. The molecule has 0 unspecified atom stereocenters. The molecule has 0 saturated carbocycles. The Morgan fingerprint density at radius 1 is 1.63 bits per heavy atom. The molecular weight excluding hydrogens is 242 g/mol. The van der Waals surface area contributed by atoms with Gasteiger partial charge in [-0.25, -0.2) is 0 Å². The number of carbonyl (C=O) groups is 1. The first kappa shape index (κ1) is 14.9. The zero-order valence-electron chi connectivity index (χ0n) is 10.9. The zero-order valence-corrected chi connectivity index (χ0v) is 10.9. The van der Waals surface area contributed by atoms with Gasteiger partial charge in [-0.3, -0.25) is 9.78 Å². The first-order chi connectivity index (χ1) is 9.27. The van der Waals surface area contributed by atoms with E-state index in [0.29, 0.717) is 19.8 Å². The van der Waals surface area contributed by atoms with Crippen LogP contribution in [0.4, 0.5) is 0 Å². The number of nitriles is 1. The zero-order chi connectivity index (χ0) is 13.9. The van der Waals surface area contributed by atoms with Crippen LogP contribution in [-0.4, -0.2) is 30.6 Å². The third-order valence-electron chi connectivity index (χ3n) is 2.32. The van der Waals surface area contributed by atoms with Crippen molar-refractivity contribution in [2.75, 3.05) is 19.8 Å². The lowest BCUT2D eigenvalue weighted by molar-refractivity contribution is -0.117. The number of hydrogen-bond acceptors (Lipinski definition) is 4. The first-order valence-corrected chi connectivity index (χ1v) is 6.15. The van der Waals surface area contributed by atoms with Crippen molar-refractivity contribution in [1.29, 1.82) is 5.26 Å². The van der Waals surface area contributed by atoms with E-state index in [1.807, 2.05) is 13.0 Å². The van der Waals surface area contributed by atoms with E-state index >= 15 is 0 Å². The number of nitrogens with zero attached hydrogens (tertiary/aromatic N) is 2. The average Bonchev–Trinajstić information content (AvgIpc) is 2.45. The quantitative estimate of drug-likeness (QED) is 0.458. The summed E-state index contributed by atoms with van der Waals surface area (Å²) in [4.78, 5) is 15.7. The van der Waals surface area contributed by atoms with E-state index in [4.69, 9.17) is 10.00 Å². The minimum atomic E-state index is -0.372. The first-order valence-electron chi connectivity index (χ1n) is 6.15. The molecule has 0 saturated heterocycles. The molecule has 0 fully saturated rings. The van der Waals surface area contributed by atoms with E-state index in [-0.39, 0.29) is 11.5 Å². The van der Waals surface area contributed by atoms with E-state index in [1.165, 1.54) is 6.08 Å². The Morgan fingerprint density at radius 2 is 2.47 bits per heavy atom. The lowest BCUT2D eigenvalue weighted by Gasteiger charge is -2.04. The molecule has 1 aromatic rings. The highest BCUT2D eigenvalue weighted by Crippen LogP contribution is 2.04. The van der Waals surface area contributed by atoms with E-state index < -0.39 is 0 Å². The molecule has 19 heavy (non-hydrogen) atoms. The van der Waals surface area contributed by atoms with Crippen molar-refractivity contribution in [2.24, 2.45) is 0 Å². The summed E-state index contributed by atoms with van der Waals surface area (Å²) in [6.45, 7) is 3.68. The van der Waals surface area contributed by atoms with Gasteiger partial charge in [0.05, 0.1) is 0 Å². The maximum atomic E-state index is 11.7. The maximum Gasteiger partial charge on any atom is 0.261 e. The average molecular weight is 259 g/mol. The molecule has 0 spiro atoms. The number of hydrogen-bond donors (Lipinski definition) is 1. The van der Waals surface area contributed by atoms with Crippen molar-refractivity contribution in [3.05, 3.63) is 35.7 Å². The van der Waals surface area contributed by atoms with Gasteiger partial charge in [-0.05, 0) is 31.1 Å². The third-order valence-corrected chi connectivity index (χ3v) is 2.32. The monoisotopic (exact) mass is 259 g/mol. The molecule has 1 aromatic heterocycles. The molecule has 5 heteroatoms. The summed E-state index contributed by atoms with van der Waals surface area (Å²) in [5, 5.41) is 11.7. The maximum absolute atomic E-state index is 11.7. The van der Waals surface area contributed by atoms with Gasteiger partial charge in [0, 0.05) is 32.2 Å². The molecule has 5 nitrogen and oxygen atoms in total.